The molecule has 4 nitrogen and oxygen atoms in total. The van der Waals surface area contributed by atoms with Gasteiger partial charge in [-0.25, -0.2) is 0 Å². The first kappa shape index (κ1) is 15.7. The van der Waals surface area contributed by atoms with Gasteiger partial charge in [-0.1, -0.05) is 38.1 Å². The van der Waals surface area contributed by atoms with Crippen LogP contribution in [0.15, 0.2) is 24.3 Å². The number of nitrogens with two attached hydrogens (primary N) is 1. The third kappa shape index (κ3) is 4.65. The van der Waals surface area contributed by atoms with E-state index in [-0.39, 0.29) is 12.4 Å². The number of hydrogen-bond donors (Lipinski definition) is 3. The van der Waals surface area contributed by atoms with Crippen LogP contribution in [0.2, 0.25) is 0 Å². The zero-order chi connectivity index (χ0) is 14.3. The van der Waals surface area contributed by atoms with Gasteiger partial charge in [0.25, 0.3) is 0 Å². The molecule has 106 valence electrons. The smallest absolute Gasteiger partial charge is 0.122 e. The lowest BCUT2D eigenvalue weighted by Crippen LogP contribution is -2.36. The van der Waals surface area contributed by atoms with Crippen molar-refractivity contribution in [3.8, 4) is 0 Å². The molecule has 0 fully saturated rings. The number of hydrogen-bond acceptors (Lipinski definition) is 3. The molecule has 0 aliphatic heterocycles. The Morgan fingerprint density at radius 3 is 2.26 bits per heavy atom. The normalized spacial score (nSPS) is 11.2. The van der Waals surface area contributed by atoms with Gasteiger partial charge in [0.05, 0.1) is 6.61 Å². The van der Waals surface area contributed by atoms with E-state index in [4.69, 9.17) is 11.1 Å². The molecule has 4 heteroatoms. The minimum atomic E-state index is 0.0961. The summed E-state index contributed by atoms with van der Waals surface area (Å²) in [4.78, 5) is 2.31. The van der Waals surface area contributed by atoms with Crippen LogP contribution in [0.25, 0.3) is 0 Å². The summed E-state index contributed by atoms with van der Waals surface area (Å²) in [7, 11) is 0. The van der Waals surface area contributed by atoms with Gasteiger partial charge in [0.1, 0.15) is 5.84 Å². The number of aliphatic hydroxyl groups is 1. The summed E-state index contributed by atoms with van der Waals surface area (Å²) in [5.41, 5.74) is 7.38. The Bertz CT molecular complexity index is 385. The molecular weight excluding hydrogens is 238 g/mol. The third-order valence-corrected chi connectivity index (χ3v) is 3.50. The van der Waals surface area contributed by atoms with Crippen LogP contribution in [-0.4, -0.2) is 35.0 Å². The van der Waals surface area contributed by atoms with Crippen LogP contribution in [0.3, 0.4) is 0 Å². The maximum absolute atomic E-state index is 9.19. The molecule has 0 amide bonds. The molecule has 0 aliphatic rings. The van der Waals surface area contributed by atoms with Gasteiger partial charge in [-0.3, -0.25) is 10.3 Å². The van der Waals surface area contributed by atoms with Crippen molar-refractivity contribution in [1.82, 2.24) is 4.90 Å². The average Bonchev–Trinajstić information content (AvgIpc) is 2.41. The van der Waals surface area contributed by atoms with Crippen molar-refractivity contribution < 1.29 is 5.11 Å². The molecule has 1 aromatic rings. The number of nitrogens with one attached hydrogen (secondary N) is 1. The molecule has 0 atom stereocenters. The van der Waals surface area contributed by atoms with Crippen molar-refractivity contribution in [3.05, 3.63) is 35.4 Å². The van der Waals surface area contributed by atoms with E-state index in [2.05, 4.69) is 18.7 Å². The molecule has 0 unspecified atom stereocenters. The number of nitrogen functional groups attached to an aromatic ring is 1. The highest BCUT2D eigenvalue weighted by Gasteiger charge is 2.14. The van der Waals surface area contributed by atoms with Crippen molar-refractivity contribution >= 4 is 5.84 Å². The van der Waals surface area contributed by atoms with E-state index in [0.717, 1.165) is 24.9 Å². The SMILES string of the molecule is CCC(CC)N(CCO)Cc1ccc(C(=N)N)cc1. The molecule has 0 spiro atoms. The van der Waals surface area contributed by atoms with Crippen molar-refractivity contribution in [1.29, 1.82) is 5.41 Å². The molecule has 4 N–H and O–H groups in total. The lowest BCUT2D eigenvalue weighted by molar-refractivity contribution is 0.136. The number of nitrogens with zero attached hydrogens (tertiary/aromatic N) is 1. The van der Waals surface area contributed by atoms with Gasteiger partial charge in [-0.15, -0.1) is 0 Å². The Balaban J connectivity index is 2.75. The largest absolute Gasteiger partial charge is 0.395 e. The van der Waals surface area contributed by atoms with E-state index in [0.29, 0.717) is 12.6 Å². The summed E-state index contributed by atoms with van der Waals surface area (Å²) < 4.78 is 0. The monoisotopic (exact) mass is 263 g/mol. The average molecular weight is 263 g/mol. The van der Waals surface area contributed by atoms with Gasteiger partial charge in [0.2, 0.25) is 0 Å². The highest BCUT2D eigenvalue weighted by atomic mass is 16.3. The molecule has 0 saturated carbocycles. The van der Waals surface area contributed by atoms with Gasteiger partial charge in [-0.05, 0) is 18.4 Å². The van der Waals surface area contributed by atoms with Crippen LogP contribution in [-0.2, 0) is 6.54 Å². The van der Waals surface area contributed by atoms with Crippen LogP contribution in [0, 0.1) is 5.41 Å². The molecule has 0 heterocycles. The first-order valence-corrected chi connectivity index (χ1v) is 6.90. The molecule has 1 rings (SSSR count). The van der Waals surface area contributed by atoms with Crippen LogP contribution >= 0.6 is 0 Å². The first-order valence-electron chi connectivity index (χ1n) is 6.90. The molecule has 0 aromatic heterocycles. The van der Waals surface area contributed by atoms with Crippen LogP contribution in [0.4, 0.5) is 0 Å². The van der Waals surface area contributed by atoms with E-state index < -0.39 is 0 Å². The van der Waals surface area contributed by atoms with Crippen LogP contribution < -0.4 is 5.73 Å². The van der Waals surface area contributed by atoms with Crippen LogP contribution in [0.5, 0.6) is 0 Å². The fourth-order valence-electron chi connectivity index (χ4n) is 2.35. The molecule has 19 heavy (non-hydrogen) atoms. The fourth-order valence-corrected chi connectivity index (χ4v) is 2.35. The van der Waals surface area contributed by atoms with Crippen LogP contribution in [0.1, 0.15) is 37.8 Å². The predicted molar refractivity (Wildman–Crippen MR) is 79.3 cm³/mol. The Morgan fingerprint density at radius 2 is 1.84 bits per heavy atom. The zero-order valence-electron chi connectivity index (χ0n) is 11.9. The lowest BCUT2D eigenvalue weighted by Gasteiger charge is -2.29. The number of benzene rings is 1. The van der Waals surface area contributed by atoms with E-state index in [1.807, 2.05) is 24.3 Å². The maximum Gasteiger partial charge on any atom is 0.122 e. The zero-order valence-corrected chi connectivity index (χ0v) is 11.9. The van der Waals surface area contributed by atoms with Gasteiger partial charge < -0.3 is 10.8 Å². The van der Waals surface area contributed by atoms with Crippen molar-refractivity contribution in [3.63, 3.8) is 0 Å². The summed E-state index contributed by atoms with van der Waals surface area (Å²) in [6.07, 6.45) is 2.17. The molecule has 0 bridgehead atoms. The fraction of sp³-hybridized carbons (Fsp3) is 0.533. The quantitative estimate of drug-likeness (QED) is 0.496. The Labute approximate surface area is 115 Å². The van der Waals surface area contributed by atoms with Gasteiger partial charge in [0, 0.05) is 24.7 Å². The number of aliphatic hydroxyl groups excluding tert-OH is 1. The summed E-state index contributed by atoms with van der Waals surface area (Å²) >= 11 is 0. The van der Waals surface area contributed by atoms with Gasteiger partial charge in [-0.2, -0.15) is 0 Å². The van der Waals surface area contributed by atoms with Crippen molar-refractivity contribution in [2.75, 3.05) is 13.2 Å². The van der Waals surface area contributed by atoms with Crippen molar-refractivity contribution in [2.45, 2.75) is 39.3 Å². The second kappa shape index (κ2) is 7.92. The Kier molecular flexibility index (Phi) is 6.53. The van der Waals surface area contributed by atoms with E-state index in [1.54, 1.807) is 0 Å². The summed E-state index contributed by atoms with van der Waals surface area (Å²) in [5.74, 6) is 0.0961. The highest BCUT2D eigenvalue weighted by molar-refractivity contribution is 5.94. The molecule has 0 aliphatic carbocycles. The summed E-state index contributed by atoms with van der Waals surface area (Å²) in [5, 5.41) is 16.6. The van der Waals surface area contributed by atoms with E-state index >= 15 is 0 Å². The number of rotatable bonds is 8. The second-order valence-electron chi connectivity index (χ2n) is 4.78. The second-order valence-corrected chi connectivity index (χ2v) is 4.78. The standard InChI is InChI=1S/C15H25N3O/c1-3-14(4-2)18(9-10-19)11-12-5-7-13(8-6-12)15(16)17/h5-8,14,19H,3-4,9-11H2,1-2H3,(H3,16,17). The first-order chi connectivity index (χ1) is 9.12. The maximum atomic E-state index is 9.19. The summed E-state index contributed by atoms with van der Waals surface area (Å²) in [6, 6.07) is 8.26. The van der Waals surface area contributed by atoms with Gasteiger partial charge >= 0.3 is 0 Å². The number of amidine groups is 1. The summed E-state index contributed by atoms with van der Waals surface area (Å²) in [6.45, 7) is 6.06. The minimum absolute atomic E-state index is 0.0961. The molecule has 0 saturated heterocycles. The molecular formula is C15H25N3O. The lowest BCUT2D eigenvalue weighted by atomic mass is 10.1. The Hall–Kier alpha value is -1.39. The molecule has 1 aromatic carbocycles. The van der Waals surface area contributed by atoms with Crippen molar-refractivity contribution in [2.24, 2.45) is 5.73 Å². The molecule has 0 radical (unpaired) electrons. The highest BCUT2D eigenvalue weighted by Crippen LogP contribution is 2.14. The Morgan fingerprint density at radius 1 is 1.26 bits per heavy atom. The minimum Gasteiger partial charge on any atom is -0.395 e. The van der Waals surface area contributed by atoms with E-state index in [1.165, 1.54) is 5.56 Å². The van der Waals surface area contributed by atoms with E-state index in [9.17, 15) is 5.11 Å². The predicted octanol–water partition coefficient (Wildman–Crippen LogP) is 1.95. The van der Waals surface area contributed by atoms with Gasteiger partial charge in [0.15, 0.2) is 0 Å². The topological polar surface area (TPSA) is 73.3 Å². The third-order valence-electron chi connectivity index (χ3n) is 3.50.